The molecule has 0 spiro atoms. The maximum atomic E-state index is 15.1. The van der Waals surface area contributed by atoms with Gasteiger partial charge >= 0.3 is 6.18 Å². The molecule has 1 saturated heterocycles. The fourth-order valence-electron chi connectivity index (χ4n) is 5.20. The van der Waals surface area contributed by atoms with Gasteiger partial charge in [0.25, 0.3) is 0 Å². The number of nitrogens with one attached hydrogen (secondary N) is 2. The van der Waals surface area contributed by atoms with Gasteiger partial charge in [0.2, 0.25) is 0 Å². The summed E-state index contributed by atoms with van der Waals surface area (Å²) in [6.07, 6.45) is -5.98. The minimum atomic E-state index is -4.41. The van der Waals surface area contributed by atoms with E-state index in [1.807, 2.05) is 0 Å². The van der Waals surface area contributed by atoms with Crippen molar-refractivity contribution in [2.75, 3.05) is 57.3 Å². The van der Waals surface area contributed by atoms with E-state index in [9.17, 15) is 17.7 Å². The molecule has 1 aliphatic rings. The average Bonchev–Trinajstić information content (AvgIpc) is 3.23. The van der Waals surface area contributed by atoms with Gasteiger partial charge in [0.15, 0.2) is 0 Å². The van der Waals surface area contributed by atoms with Crippen LogP contribution in [0.2, 0.25) is 0 Å². The number of rotatable bonds is 9. The number of nitrogens with zero attached hydrogens (tertiary/aromatic N) is 1. The summed E-state index contributed by atoms with van der Waals surface area (Å²) in [4.78, 5) is 2.46. The molecule has 4 rings (SSSR count). The topological polar surface area (TPSA) is 53.6 Å². The molecule has 2 atom stereocenters. The Morgan fingerprint density at radius 3 is 2.60 bits per heavy atom. The number of hydrogen-bond donors (Lipinski definition) is 2. The Hall–Kier alpha value is -2.73. The van der Waals surface area contributed by atoms with Gasteiger partial charge in [-0.2, -0.15) is 13.2 Å². The summed E-state index contributed by atoms with van der Waals surface area (Å²) in [5, 5.41) is 7.60. The van der Waals surface area contributed by atoms with E-state index in [4.69, 9.17) is 4.74 Å². The van der Waals surface area contributed by atoms with Crippen LogP contribution in [0.4, 0.5) is 28.9 Å². The average molecular weight is 624 g/mol. The molecular weight excluding hydrogens is 585 g/mol. The van der Waals surface area contributed by atoms with Crippen LogP contribution in [0.5, 0.6) is 5.75 Å². The van der Waals surface area contributed by atoms with E-state index < -0.39 is 32.0 Å². The fraction of sp³-hybridized carbons (Fsp3) is 0.484. The Kier molecular flexibility index (Phi) is 10.2. The van der Waals surface area contributed by atoms with Gasteiger partial charge in [-0.3, -0.25) is 0 Å². The Balaban J connectivity index is 1.57. The molecule has 42 heavy (non-hydrogen) atoms. The van der Waals surface area contributed by atoms with E-state index in [0.29, 0.717) is 56.3 Å². The van der Waals surface area contributed by atoms with Gasteiger partial charge in [0.05, 0.1) is 47.1 Å². The van der Waals surface area contributed by atoms with Gasteiger partial charge in [-0.05, 0) is 60.9 Å². The molecule has 0 unspecified atom stereocenters. The smallest absolute Gasteiger partial charge is 0.393 e. The predicted octanol–water partition coefficient (Wildman–Crippen LogP) is 7.21. The lowest BCUT2D eigenvalue weighted by atomic mass is 10.0. The summed E-state index contributed by atoms with van der Waals surface area (Å²) in [5.74, 6) is 6.85. The van der Waals surface area contributed by atoms with Gasteiger partial charge in [0, 0.05) is 24.9 Å². The first-order chi connectivity index (χ1) is 19.7. The highest BCUT2D eigenvalue weighted by atomic mass is 32.1. The third-order valence-electron chi connectivity index (χ3n) is 7.16. The number of anilines is 2. The number of hydrogen-bond acceptors (Lipinski definition) is 6. The number of piperidine rings is 1. The summed E-state index contributed by atoms with van der Waals surface area (Å²) in [6, 6.07) is 10.00. The summed E-state index contributed by atoms with van der Waals surface area (Å²) in [6.45, 7) is 9.67. The molecule has 3 aromatic rings. The summed E-state index contributed by atoms with van der Waals surface area (Å²) in [7, 11) is -0.957. The van der Waals surface area contributed by atoms with Crippen LogP contribution in [-0.4, -0.2) is 69.9 Å². The van der Waals surface area contributed by atoms with Crippen LogP contribution in [0, 0.1) is 17.8 Å². The van der Waals surface area contributed by atoms with Crippen molar-refractivity contribution >= 4 is 45.2 Å². The molecule has 0 amide bonds. The van der Waals surface area contributed by atoms with Crippen LogP contribution in [-0.2, 0) is 11.0 Å². The Morgan fingerprint density at radius 1 is 1.19 bits per heavy atom. The number of methoxy groups -OCH3 is 1. The van der Waals surface area contributed by atoms with Gasteiger partial charge in [-0.15, -0.1) is 11.3 Å². The molecule has 1 aliphatic heterocycles. The number of thiophene rings is 1. The zero-order chi connectivity index (χ0) is 30.7. The third-order valence-corrected chi connectivity index (χ3v) is 9.88. The second-order valence-corrected chi connectivity index (χ2v) is 15.7. The molecule has 5 nitrogen and oxygen atoms in total. The van der Waals surface area contributed by atoms with Crippen molar-refractivity contribution < 1.29 is 26.9 Å². The van der Waals surface area contributed by atoms with E-state index in [-0.39, 0.29) is 12.1 Å². The maximum absolute atomic E-state index is 15.1. The van der Waals surface area contributed by atoms with E-state index in [2.05, 4.69) is 41.2 Å². The molecule has 11 heteroatoms. The van der Waals surface area contributed by atoms with Gasteiger partial charge in [-0.25, -0.2) is 4.39 Å². The van der Waals surface area contributed by atoms with Gasteiger partial charge < -0.3 is 24.8 Å². The summed E-state index contributed by atoms with van der Waals surface area (Å²) in [5.41, 5.74) is 1.40. The molecule has 2 heterocycles. The van der Waals surface area contributed by atoms with Crippen molar-refractivity contribution in [3.63, 3.8) is 0 Å². The minimum Gasteiger partial charge on any atom is -0.495 e. The number of halogens is 4. The third kappa shape index (κ3) is 8.21. The lowest BCUT2D eigenvalue weighted by Crippen LogP contribution is -2.48. The second kappa shape index (κ2) is 13.3. The monoisotopic (exact) mass is 623 g/mol. The first kappa shape index (κ1) is 32.2. The van der Waals surface area contributed by atoms with E-state index in [0.717, 1.165) is 13.1 Å². The van der Waals surface area contributed by atoms with Crippen LogP contribution in [0.15, 0.2) is 36.4 Å². The quantitative estimate of drug-likeness (QED) is 0.150. The molecule has 228 valence electrons. The number of likely N-dealkylation sites (tertiary alicyclic amines) is 1. The van der Waals surface area contributed by atoms with Crippen LogP contribution < -0.4 is 20.7 Å². The SMILES string of the molecule is COc1cc(P(C)(C)=O)ccc1NCC#Cc1sc2c(N[C@@H]3CCN(CC(C)C)C[C@@H]3F)cccc2c1CC(F)(F)F. The molecule has 1 aromatic heterocycles. The molecule has 2 N–H and O–H groups in total. The minimum absolute atomic E-state index is 0.130. The first-order valence-corrected chi connectivity index (χ1v) is 17.4. The summed E-state index contributed by atoms with van der Waals surface area (Å²) >= 11 is 1.20. The summed E-state index contributed by atoms with van der Waals surface area (Å²) < 4.78 is 74.5. The zero-order valence-corrected chi connectivity index (χ0v) is 26.3. The largest absolute Gasteiger partial charge is 0.495 e. The van der Waals surface area contributed by atoms with Crippen molar-refractivity contribution in [1.82, 2.24) is 4.90 Å². The van der Waals surface area contributed by atoms with Crippen LogP contribution in [0.3, 0.4) is 0 Å². The first-order valence-electron chi connectivity index (χ1n) is 14.0. The van der Waals surface area contributed by atoms with Crippen LogP contribution >= 0.6 is 18.5 Å². The predicted molar refractivity (Wildman–Crippen MR) is 167 cm³/mol. The highest BCUT2D eigenvalue weighted by Crippen LogP contribution is 2.40. The van der Waals surface area contributed by atoms with Crippen molar-refractivity contribution in [2.45, 2.75) is 45.1 Å². The second-order valence-electron chi connectivity index (χ2n) is 11.5. The van der Waals surface area contributed by atoms with Gasteiger partial charge in [0.1, 0.15) is 19.1 Å². The standard InChI is InChI=1S/C31H38F4N3O2PS/c1-20(2)18-38-15-13-25(24(32)19-38)37-27-9-6-8-22-23(17-31(33,34)35)29(42-30(22)27)10-7-14-36-26-12-11-21(41(4,5)39)16-28(26)40-3/h6,8-9,11-12,16,20,24-25,36-37H,13-15,17-19H2,1-5H3/t24-,25+/m0/s1. The number of fused-ring (bicyclic) bond motifs is 1. The number of benzene rings is 2. The molecule has 0 radical (unpaired) electrons. The highest BCUT2D eigenvalue weighted by molar-refractivity contribution is 7.70. The zero-order valence-electron chi connectivity index (χ0n) is 24.6. The molecule has 0 bridgehead atoms. The molecule has 2 aromatic carbocycles. The molecular formula is C31H38F4N3O2PS. The lowest BCUT2D eigenvalue weighted by Gasteiger charge is -2.36. The number of alkyl halides is 4. The molecule has 1 fully saturated rings. The van der Waals surface area contributed by atoms with Crippen molar-refractivity contribution in [3.8, 4) is 17.6 Å². The van der Waals surface area contributed by atoms with E-state index in [1.165, 1.54) is 18.4 Å². The Bertz CT molecular complexity index is 1510. The van der Waals surface area contributed by atoms with Crippen LogP contribution in [0.25, 0.3) is 10.1 Å². The van der Waals surface area contributed by atoms with Crippen molar-refractivity contribution in [3.05, 3.63) is 46.8 Å². The van der Waals surface area contributed by atoms with Crippen LogP contribution in [0.1, 0.15) is 30.7 Å². The fourth-order valence-corrected chi connectivity index (χ4v) is 7.23. The molecule has 0 aliphatic carbocycles. The van der Waals surface area contributed by atoms with E-state index in [1.54, 1.807) is 49.7 Å². The normalized spacial score (nSPS) is 18.1. The Labute approximate surface area is 249 Å². The Morgan fingerprint density at radius 2 is 1.95 bits per heavy atom. The van der Waals surface area contributed by atoms with Gasteiger partial charge in [-0.1, -0.05) is 37.8 Å². The van der Waals surface area contributed by atoms with Crippen molar-refractivity contribution in [1.29, 1.82) is 0 Å². The maximum Gasteiger partial charge on any atom is 0.393 e. The number of ether oxygens (including phenoxy) is 1. The molecule has 0 saturated carbocycles. The highest BCUT2D eigenvalue weighted by Gasteiger charge is 2.32. The lowest BCUT2D eigenvalue weighted by molar-refractivity contribution is -0.126. The van der Waals surface area contributed by atoms with E-state index >= 15 is 4.39 Å². The van der Waals surface area contributed by atoms with Crippen molar-refractivity contribution in [2.24, 2.45) is 5.92 Å².